The minimum Gasteiger partial charge on any atom is -0.438 e. The molecule has 140 valence electrons. The predicted molar refractivity (Wildman–Crippen MR) is 120 cm³/mol. The van der Waals surface area contributed by atoms with Crippen molar-refractivity contribution in [1.82, 2.24) is 9.97 Å². The van der Waals surface area contributed by atoms with E-state index in [1.807, 2.05) is 55.5 Å². The third kappa shape index (κ3) is 3.62. The number of benzene rings is 3. The van der Waals surface area contributed by atoms with Crippen LogP contribution < -0.4 is 4.74 Å². The molecule has 0 aliphatic rings. The van der Waals surface area contributed by atoms with E-state index in [4.69, 9.17) is 4.74 Å². The molecule has 0 aliphatic heterocycles. The van der Waals surface area contributed by atoms with E-state index in [0.29, 0.717) is 11.7 Å². The maximum absolute atomic E-state index is 6.17. The summed E-state index contributed by atoms with van der Waals surface area (Å²) in [7, 11) is 0. The first kappa shape index (κ1) is 17.6. The van der Waals surface area contributed by atoms with Crippen LogP contribution in [0.4, 0.5) is 0 Å². The second-order valence-electron chi connectivity index (χ2n) is 6.76. The SMILES string of the molecule is Cc1nc(Oc2ccc(-c3ccccc3)cc2)c2cc(-c3ccccc3)sc2n1. The summed E-state index contributed by atoms with van der Waals surface area (Å²) in [6.07, 6.45) is 0. The van der Waals surface area contributed by atoms with E-state index < -0.39 is 0 Å². The van der Waals surface area contributed by atoms with Crippen molar-refractivity contribution < 1.29 is 4.74 Å². The molecule has 0 radical (unpaired) electrons. The monoisotopic (exact) mass is 394 g/mol. The highest BCUT2D eigenvalue weighted by Gasteiger charge is 2.13. The highest BCUT2D eigenvalue weighted by atomic mass is 32.1. The molecule has 3 nitrogen and oxygen atoms in total. The quantitative estimate of drug-likeness (QED) is 0.325. The van der Waals surface area contributed by atoms with E-state index in [1.54, 1.807) is 11.3 Å². The molecule has 3 aromatic carbocycles. The van der Waals surface area contributed by atoms with Crippen LogP contribution in [0.2, 0.25) is 0 Å². The normalized spacial score (nSPS) is 10.9. The molecule has 0 spiro atoms. The van der Waals surface area contributed by atoms with Crippen LogP contribution in [0, 0.1) is 6.92 Å². The average Bonchev–Trinajstić information content (AvgIpc) is 3.20. The summed E-state index contributed by atoms with van der Waals surface area (Å²) >= 11 is 1.66. The van der Waals surface area contributed by atoms with E-state index in [1.165, 1.54) is 11.1 Å². The minimum absolute atomic E-state index is 0.596. The van der Waals surface area contributed by atoms with Gasteiger partial charge in [0.2, 0.25) is 5.88 Å². The summed E-state index contributed by atoms with van der Waals surface area (Å²) < 4.78 is 6.17. The summed E-state index contributed by atoms with van der Waals surface area (Å²) in [5, 5.41) is 0.937. The van der Waals surface area contributed by atoms with Crippen LogP contribution in [0.5, 0.6) is 11.6 Å². The third-order valence-corrected chi connectivity index (χ3v) is 5.78. The van der Waals surface area contributed by atoms with Gasteiger partial charge in [0.1, 0.15) is 16.4 Å². The van der Waals surface area contributed by atoms with Gasteiger partial charge in [-0.05, 0) is 41.8 Å². The molecule has 0 bridgehead atoms. The van der Waals surface area contributed by atoms with E-state index >= 15 is 0 Å². The summed E-state index contributed by atoms with van der Waals surface area (Å²) in [6, 6.07) is 30.8. The van der Waals surface area contributed by atoms with Crippen molar-refractivity contribution in [1.29, 1.82) is 0 Å². The fourth-order valence-corrected chi connectivity index (χ4v) is 4.35. The van der Waals surface area contributed by atoms with Gasteiger partial charge in [-0.1, -0.05) is 72.8 Å². The van der Waals surface area contributed by atoms with Gasteiger partial charge in [-0.15, -0.1) is 11.3 Å². The van der Waals surface area contributed by atoms with Gasteiger partial charge < -0.3 is 4.74 Å². The van der Waals surface area contributed by atoms with Crippen LogP contribution in [-0.4, -0.2) is 9.97 Å². The number of hydrogen-bond donors (Lipinski definition) is 0. The topological polar surface area (TPSA) is 35.0 Å². The Kier molecular flexibility index (Phi) is 4.54. The Morgan fingerprint density at radius 2 is 1.31 bits per heavy atom. The molecule has 0 amide bonds. The fraction of sp³-hybridized carbons (Fsp3) is 0.0400. The molecule has 2 heterocycles. The summed E-state index contributed by atoms with van der Waals surface area (Å²) in [5.41, 5.74) is 3.51. The molecule has 0 fully saturated rings. The number of rotatable bonds is 4. The Balaban J connectivity index is 1.49. The van der Waals surface area contributed by atoms with Crippen LogP contribution in [0.3, 0.4) is 0 Å². The molecular weight excluding hydrogens is 376 g/mol. The molecular formula is C25H18N2OS. The van der Waals surface area contributed by atoms with Gasteiger partial charge in [0.15, 0.2) is 0 Å². The molecule has 5 rings (SSSR count). The molecule has 5 aromatic rings. The number of ether oxygens (including phenoxy) is 1. The van der Waals surface area contributed by atoms with Crippen molar-refractivity contribution in [2.45, 2.75) is 6.92 Å². The Bertz CT molecular complexity index is 1260. The smallest absolute Gasteiger partial charge is 0.231 e. The lowest BCUT2D eigenvalue weighted by atomic mass is 10.1. The first-order valence-electron chi connectivity index (χ1n) is 9.43. The Morgan fingerprint density at radius 3 is 2.00 bits per heavy atom. The summed E-state index contributed by atoms with van der Waals surface area (Å²) in [5.74, 6) is 2.06. The van der Waals surface area contributed by atoms with Crippen molar-refractivity contribution in [2.75, 3.05) is 0 Å². The number of aromatic nitrogens is 2. The standard InChI is InChI=1S/C25H18N2OS/c1-17-26-24(22-16-23(29-25(22)27-17)20-10-6-3-7-11-20)28-21-14-12-19(13-15-21)18-8-4-2-5-9-18/h2-16H,1H3. The maximum atomic E-state index is 6.17. The number of nitrogens with zero attached hydrogens (tertiary/aromatic N) is 2. The molecule has 29 heavy (non-hydrogen) atoms. The third-order valence-electron chi connectivity index (χ3n) is 4.70. The molecule has 0 saturated heterocycles. The zero-order valence-electron chi connectivity index (χ0n) is 15.9. The average molecular weight is 394 g/mol. The van der Waals surface area contributed by atoms with Crippen molar-refractivity contribution in [3.8, 4) is 33.2 Å². The van der Waals surface area contributed by atoms with E-state index in [0.717, 1.165) is 26.4 Å². The summed E-state index contributed by atoms with van der Waals surface area (Å²) in [6.45, 7) is 1.90. The van der Waals surface area contributed by atoms with Crippen LogP contribution in [0.1, 0.15) is 5.82 Å². The molecule has 2 aromatic heterocycles. The Labute approximate surface area is 173 Å². The fourth-order valence-electron chi connectivity index (χ4n) is 3.28. The summed E-state index contributed by atoms with van der Waals surface area (Å²) in [4.78, 5) is 11.3. The lowest BCUT2D eigenvalue weighted by Gasteiger charge is -2.08. The highest BCUT2D eigenvalue weighted by Crippen LogP contribution is 2.37. The second kappa shape index (κ2) is 7.49. The van der Waals surface area contributed by atoms with Gasteiger partial charge >= 0.3 is 0 Å². The Hall–Kier alpha value is -3.50. The minimum atomic E-state index is 0.596. The van der Waals surface area contributed by atoms with E-state index in [2.05, 4.69) is 52.4 Å². The zero-order valence-corrected chi connectivity index (χ0v) is 16.7. The lowest BCUT2D eigenvalue weighted by molar-refractivity contribution is 0.467. The maximum Gasteiger partial charge on any atom is 0.231 e. The van der Waals surface area contributed by atoms with Gasteiger partial charge in [-0.2, -0.15) is 4.98 Å². The second-order valence-corrected chi connectivity index (χ2v) is 7.79. The van der Waals surface area contributed by atoms with Crippen molar-refractivity contribution in [2.24, 2.45) is 0 Å². The molecule has 0 saturated carbocycles. The zero-order chi connectivity index (χ0) is 19.6. The first-order valence-corrected chi connectivity index (χ1v) is 10.2. The number of aryl methyl sites for hydroxylation is 1. The Morgan fingerprint density at radius 1 is 0.690 bits per heavy atom. The van der Waals surface area contributed by atoms with Crippen LogP contribution in [0.15, 0.2) is 91.0 Å². The van der Waals surface area contributed by atoms with Gasteiger partial charge in [0.25, 0.3) is 0 Å². The van der Waals surface area contributed by atoms with E-state index in [9.17, 15) is 0 Å². The van der Waals surface area contributed by atoms with Crippen molar-refractivity contribution in [3.63, 3.8) is 0 Å². The van der Waals surface area contributed by atoms with Crippen LogP contribution in [0.25, 0.3) is 31.8 Å². The number of fused-ring (bicyclic) bond motifs is 1. The first-order chi connectivity index (χ1) is 14.3. The van der Waals surface area contributed by atoms with Gasteiger partial charge in [-0.25, -0.2) is 4.98 Å². The van der Waals surface area contributed by atoms with Crippen LogP contribution in [-0.2, 0) is 0 Å². The van der Waals surface area contributed by atoms with Crippen molar-refractivity contribution in [3.05, 3.63) is 96.8 Å². The van der Waals surface area contributed by atoms with Gasteiger partial charge in [-0.3, -0.25) is 0 Å². The van der Waals surface area contributed by atoms with Gasteiger partial charge in [0.05, 0.1) is 5.39 Å². The lowest BCUT2D eigenvalue weighted by Crippen LogP contribution is -1.93. The molecule has 0 atom stereocenters. The van der Waals surface area contributed by atoms with Gasteiger partial charge in [0, 0.05) is 4.88 Å². The largest absolute Gasteiger partial charge is 0.438 e. The molecule has 4 heteroatoms. The van der Waals surface area contributed by atoms with Crippen LogP contribution >= 0.6 is 11.3 Å². The van der Waals surface area contributed by atoms with E-state index in [-0.39, 0.29) is 0 Å². The molecule has 0 aliphatic carbocycles. The molecule has 0 N–H and O–H groups in total. The highest BCUT2D eigenvalue weighted by molar-refractivity contribution is 7.21. The van der Waals surface area contributed by atoms with Crippen molar-refractivity contribution >= 4 is 21.6 Å². The number of thiophene rings is 1. The number of hydrogen-bond acceptors (Lipinski definition) is 4. The molecule has 0 unspecified atom stereocenters. The predicted octanol–water partition coefficient (Wildman–Crippen LogP) is 7.13.